The number of rotatable bonds is 5. The van der Waals surface area contributed by atoms with Crippen LogP contribution in [0.15, 0.2) is 29.3 Å². The van der Waals surface area contributed by atoms with Crippen LogP contribution in [0, 0.1) is 0 Å². The smallest absolute Gasteiger partial charge is 0.241 e. The minimum absolute atomic E-state index is 0.134. The van der Waals surface area contributed by atoms with Crippen LogP contribution in [0.25, 0.3) is 0 Å². The van der Waals surface area contributed by atoms with Gasteiger partial charge in [-0.25, -0.2) is 4.99 Å². The van der Waals surface area contributed by atoms with Crippen molar-refractivity contribution < 1.29 is 4.79 Å². The number of halogens is 1. The molecule has 1 aromatic rings. The number of benzene rings is 1. The SMILES string of the molecule is CCNC(=NCc1ccc(Cl)cc1)NCC(=O)N1CCCC1. The van der Waals surface area contributed by atoms with Crippen molar-refractivity contribution in [3.05, 3.63) is 34.9 Å². The first-order valence-corrected chi connectivity index (χ1v) is 8.11. The molecule has 0 atom stereocenters. The standard InChI is InChI=1S/C16H23ClN4O/c1-2-18-16(19-11-13-5-7-14(17)8-6-13)20-12-15(22)21-9-3-4-10-21/h5-8H,2-4,9-12H2,1H3,(H2,18,19,20). The predicted octanol–water partition coefficient (Wildman–Crippen LogP) is 2.02. The van der Waals surface area contributed by atoms with Crippen LogP contribution >= 0.6 is 11.6 Å². The topological polar surface area (TPSA) is 56.7 Å². The summed E-state index contributed by atoms with van der Waals surface area (Å²) in [5.74, 6) is 0.791. The minimum Gasteiger partial charge on any atom is -0.357 e. The number of nitrogens with zero attached hydrogens (tertiary/aromatic N) is 2. The molecule has 1 aromatic carbocycles. The molecule has 1 heterocycles. The van der Waals surface area contributed by atoms with Gasteiger partial charge in [-0.15, -0.1) is 0 Å². The van der Waals surface area contributed by atoms with Crippen LogP contribution in [0.1, 0.15) is 25.3 Å². The number of nitrogens with one attached hydrogen (secondary N) is 2. The summed E-state index contributed by atoms with van der Waals surface area (Å²) < 4.78 is 0. The van der Waals surface area contributed by atoms with E-state index in [-0.39, 0.29) is 12.5 Å². The third-order valence-corrected chi connectivity index (χ3v) is 3.80. The normalized spacial score (nSPS) is 15.0. The fourth-order valence-corrected chi connectivity index (χ4v) is 2.47. The number of aliphatic imine (C=N–C) groups is 1. The molecule has 2 N–H and O–H groups in total. The van der Waals surface area contributed by atoms with E-state index in [1.807, 2.05) is 36.1 Å². The number of amides is 1. The lowest BCUT2D eigenvalue weighted by Crippen LogP contribution is -2.44. The quantitative estimate of drug-likeness (QED) is 0.644. The van der Waals surface area contributed by atoms with E-state index < -0.39 is 0 Å². The van der Waals surface area contributed by atoms with Gasteiger partial charge in [0.05, 0.1) is 13.1 Å². The summed E-state index contributed by atoms with van der Waals surface area (Å²) in [5.41, 5.74) is 1.08. The summed E-state index contributed by atoms with van der Waals surface area (Å²) in [4.78, 5) is 18.4. The molecule has 1 aliphatic rings. The monoisotopic (exact) mass is 322 g/mol. The maximum atomic E-state index is 12.0. The maximum Gasteiger partial charge on any atom is 0.241 e. The van der Waals surface area contributed by atoms with Crippen molar-refractivity contribution in [1.82, 2.24) is 15.5 Å². The van der Waals surface area contributed by atoms with Crippen molar-refractivity contribution in [1.29, 1.82) is 0 Å². The molecular weight excluding hydrogens is 300 g/mol. The average Bonchev–Trinajstić information content (AvgIpc) is 3.06. The van der Waals surface area contributed by atoms with Crippen molar-refractivity contribution in [2.45, 2.75) is 26.3 Å². The van der Waals surface area contributed by atoms with Crippen molar-refractivity contribution in [2.75, 3.05) is 26.2 Å². The summed E-state index contributed by atoms with van der Waals surface area (Å²) in [6, 6.07) is 7.60. The van der Waals surface area contributed by atoms with Gasteiger partial charge in [-0.2, -0.15) is 0 Å². The Morgan fingerprint density at radius 3 is 2.55 bits per heavy atom. The number of carbonyl (C=O) groups is 1. The largest absolute Gasteiger partial charge is 0.357 e. The summed E-state index contributed by atoms with van der Waals surface area (Å²) in [7, 11) is 0. The van der Waals surface area contributed by atoms with E-state index in [0.717, 1.165) is 38.0 Å². The number of likely N-dealkylation sites (tertiary alicyclic amines) is 1. The van der Waals surface area contributed by atoms with Gasteiger partial charge >= 0.3 is 0 Å². The van der Waals surface area contributed by atoms with Crippen LogP contribution < -0.4 is 10.6 Å². The summed E-state index contributed by atoms with van der Waals surface area (Å²) in [5, 5.41) is 6.97. The molecule has 0 aliphatic carbocycles. The Labute approximate surface area is 136 Å². The highest BCUT2D eigenvalue weighted by Crippen LogP contribution is 2.10. The first-order valence-electron chi connectivity index (χ1n) is 7.73. The molecule has 22 heavy (non-hydrogen) atoms. The molecule has 2 rings (SSSR count). The Balaban J connectivity index is 1.86. The highest BCUT2D eigenvalue weighted by Gasteiger charge is 2.17. The average molecular weight is 323 g/mol. The van der Waals surface area contributed by atoms with Crippen LogP contribution in [0.4, 0.5) is 0 Å². The minimum atomic E-state index is 0.134. The zero-order valence-electron chi connectivity index (χ0n) is 12.9. The van der Waals surface area contributed by atoms with E-state index in [9.17, 15) is 4.79 Å². The van der Waals surface area contributed by atoms with E-state index in [4.69, 9.17) is 11.6 Å². The Morgan fingerprint density at radius 1 is 1.23 bits per heavy atom. The van der Waals surface area contributed by atoms with Gasteiger partial charge in [0.1, 0.15) is 0 Å². The zero-order valence-corrected chi connectivity index (χ0v) is 13.7. The van der Waals surface area contributed by atoms with E-state index in [0.29, 0.717) is 17.5 Å². The fourth-order valence-electron chi connectivity index (χ4n) is 2.34. The molecule has 0 spiro atoms. The van der Waals surface area contributed by atoms with Crippen LogP contribution in [0.5, 0.6) is 0 Å². The van der Waals surface area contributed by atoms with Gasteiger partial charge < -0.3 is 15.5 Å². The molecule has 5 nitrogen and oxygen atoms in total. The van der Waals surface area contributed by atoms with Crippen LogP contribution in [-0.4, -0.2) is 42.9 Å². The lowest BCUT2D eigenvalue weighted by molar-refractivity contribution is -0.128. The lowest BCUT2D eigenvalue weighted by atomic mass is 10.2. The number of carbonyl (C=O) groups excluding carboxylic acids is 1. The third-order valence-electron chi connectivity index (χ3n) is 3.54. The van der Waals surface area contributed by atoms with E-state index >= 15 is 0 Å². The molecule has 1 saturated heterocycles. The van der Waals surface area contributed by atoms with Gasteiger partial charge in [-0.1, -0.05) is 23.7 Å². The highest BCUT2D eigenvalue weighted by atomic mass is 35.5. The molecule has 0 bridgehead atoms. The number of guanidine groups is 1. The molecule has 0 aromatic heterocycles. The fraction of sp³-hybridized carbons (Fsp3) is 0.500. The zero-order chi connectivity index (χ0) is 15.8. The number of hydrogen-bond acceptors (Lipinski definition) is 2. The summed E-state index contributed by atoms with van der Waals surface area (Å²) in [6.07, 6.45) is 2.22. The van der Waals surface area contributed by atoms with E-state index in [1.54, 1.807) is 0 Å². The first-order chi connectivity index (χ1) is 10.7. The predicted molar refractivity (Wildman–Crippen MR) is 90.1 cm³/mol. The Bertz CT molecular complexity index is 509. The van der Waals surface area contributed by atoms with Crippen LogP contribution in [-0.2, 0) is 11.3 Å². The summed E-state index contributed by atoms with van der Waals surface area (Å²) in [6.45, 7) is 5.33. The van der Waals surface area contributed by atoms with Gasteiger partial charge in [-0.3, -0.25) is 4.79 Å². The molecule has 0 unspecified atom stereocenters. The highest BCUT2D eigenvalue weighted by molar-refractivity contribution is 6.30. The van der Waals surface area contributed by atoms with Gasteiger partial charge in [-0.05, 0) is 37.5 Å². The second kappa shape index (κ2) is 8.63. The van der Waals surface area contributed by atoms with Crippen molar-refractivity contribution in [3.63, 3.8) is 0 Å². The molecule has 1 aliphatic heterocycles. The molecule has 120 valence electrons. The second-order valence-corrected chi connectivity index (χ2v) is 5.70. The van der Waals surface area contributed by atoms with Gasteiger partial charge in [0.25, 0.3) is 0 Å². The van der Waals surface area contributed by atoms with Gasteiger partial charge in [0.2, 0.25) is 5.91 Å². The lowest BCUT2D eigenvalue weighted by Gasteiger charge is -2.17. The van der Waals surface area contributed by atoms with Crippen molar-refractivity contribution in [3.8, 4) is 0 Å². The third kappa shape index (κ3) is 5.22. The van der Waals surface area contributed by atoms with Crippen molar-refractivity contribution in [2.24, 2.45) is 4.99 Å². The molecule has 1 amide bonds. The van der Waals surface area contributed by atoms with Gasteiger partial charge in [0.15, 0.2) is 5.96 Å². The van der Waals surface area contributed by atoms with E-state index in [1.165, 1.54) is 0 Å². The number of hydrogen-bond donors (Lipinski definition) is 2. The molecular formula is C16H23ClN4O. The van der Waals surface area contributed by atoms with Crippen molar-refractivity contribution >= 4 is 23.5 Å². The second-order valence-electron chi connectivity index (χ2n) is 5.26. The van der Waals surface area contributed by atoms with Crippen LogP contribution in [0.3, 0.4) is 0 Å². The molecule has 0 saturated carbocycles. The van der Waals surface area contributed by atoms with E-state index in [2.05, 4.69) is 15.6 Å². The van der Waals surface area contributed by atoms with Crippen LogP contribution in [0.2, 0.25) is 5.02 Å². The Hall–Kier alpha value is -1.75. The van der Waals surface area contributed by atoms with Gasteiger partial charge in [0, 0.05) is 24.7 Å². The summed E-state index contributed by atoms with van der Waals surface area (Å²) >= 11 is 5.87. The molecule has 1 fully saturated rings. The first kappa shape index (κ1) is 16.6. The molecule has 0 radical (unpaired) electrons. The Morgan fingerprint density at radius 2 is 1.91 bits per heavy atom. The Kier molecular flexibility index (Phi) is 6.52. The maximum absolute atomic E-state index is 12.0. The molecule has 6 heteroatoms.